The van der Waals surface area contributed by atoms with Crippen LogP contribution in [0.1, 0.15) is 11.3 Å². The van der Waals surface area contributed by atoms with E-state index in [0.717, 1.165) is 0 Å². The Labute approximate surface area is 97.1 Å². The normalized spacial score (nSPS) is 10.4. The molecule has 0 aliphatic heterocycles. The van der Waals surface area contributed by atoms with Crippen LogP contribution in [-0.2, 0) is 6.42 Å². The minimum absolute atomic E-state index is 0.342. The van der Waals surface area contributed by atoms with E-state index in [1.165, 1.54) is 6.07 Å². The third-order valence-corrected chi connectivity index (χ3v) is 2.36. The van der Waals surface area contributed by atoms with Gasteiger partial charge in [-0.2, -0.15) is 5.10 Å². The van der Waals surface area contributed by atoms with Gasteiger partial charge in [-0.05, 0) is 29.8 Å². The molecule has 0 atom stereocenters. The molecule has 2 rings (SSSR count). The van der Waals surface area contributed by atoms with E-state index in [1.807, 2.05) is 0 Å². The van der Waals surface area contributed by atoms with Crippen LogP contribution < -0.4 is 5.73 Å². The van der Waals surface area contributed by atoms with Crippen molar-refractivity contribution in [2.75, 3.05) is 5.73 Å². The van der Waals surface area contributed by atoms with E-state index >= 15 is 0 Å². The summed E-state index contributed by atoms with van der Waals surface area (Å²) in [6.07, 6.45) is 0.371. The molecule has 2 N–H and O–H groups in total. The van der Waals surface area contributed by atoms with Crippen molar-refractivity contribution < 1.29 is 4.39 Å². The van der Waals surface area contributed by atoms with Crippen LogP contribution in [0.3, 0.4) is 0 Å². The number of nitrogen functional groups attached to an aromatic ring is 1. The number of anilines is 1. The van der Waals surface area contributed by atoms with Gasteiger partial charge in [-0.3, -0.25) is 0 Å². The van der Waals surface area contributed by atoms with Gasteiger partial charge >= 0.3 is 0 Å². The van der Waals surface area contributed by atoms with E-state index in [2.05, 4.69) is 10.2 Å². The molecule has 1 aromatic heterocycles. The number of nitrogens with zero attached hydrogens (tertiary/aromatic N) is 2. The first-order valence-corrected chi connectivity index (χ1v) is 5.05. The second-order valence-electron chi connectivity index (χ2n) is 3.36. The van der Waals surface area contributed by atoms with Gasteiger partial charge in [0.15, 0.2) is 0 Å². The molecule has 82 valence electrons. The van der Waals surface area contributed by atoms with Crippen molar-refractivity contribution in [2.45, 2.75) is 6.42 Å². The van der Waals surface area contributed by atoms with Crippen LogP contribution in [0.2, 0.25) is 5.02 Å². The molecular weight excluding hydrogens is 229 g/mol. The first-order valence-electron chi connectivity index (χ1n) is 4.67. The van der Waals surface area contributed by atoms with Crippen LogP contribution in [0.4, 0.5) is 10.2 Å². The molecule has 5 heteroatoms. The van der Waals surface area contributed by atoms with Gasteiger partial charge in [0.1, 0.15) is 11.6 Å². The lowest BCUT2D eigenvalue weighted by Crippen LogP contribution is -1.99. The molecule has 0 radical (unpaired) electrons. The highest BCUT2D eigenvalue weighted by Gasteiger charge is 2.05. The lowest BCUT2D eigenvalue weighted by atomic mass is 10.1. The van der Waals surface area contributed by atoms with Gasteiger partial charge in [-0.25, -0.2) is 4.39 Å². The fourth-order valence-corrected chi connectivity index (χ4v) is 1.48. The molecule has 0 fully saturated rings. The first-order chi connectivity index (χ1) is 7.65. The molecular formula is C11H9ClFN3. The highest BCUT2D eigenvalue weighted by Crippen LogP contribution is 2.17. The zero-order valence-corrected chi connectivity index (χ0v) is 9.08. The maximum atomic E-state index is 13.5. The largest absolute Gasteiger partial charge is 0.382 e. The van der Waals surface area contributed by atoms with E-state index in [4.69, 9.17) is 17.3 Å². The average molecular weight is 238 g/mol. The summed E-state index contributed by atoms with van der Waals surface area (Å²) in [5.74, 6) is 0.00598. The predicted octanol–water partition coefficient (Wildman–Crippen LogP) is 2.44. The van der Waals surface area contributed by atoms with E-state index in [1.54, 1.807) is 24.3 Å². The van der Waals surface area contributed by atoms with Crippen LogP contribution >= 0.6 is 11.6 Å². The van der Waals surface area contributed by atoms with Crippen molar-refractivity contribution in [3.63, 3.8) is 0 Å². The Bertz CT molecular complexity index is 499. The monoisotopic (exact) mass is 237 g/mol. The van der Waals surface area contributed by atoms with E-state index in [-0.39, 0.29) is 5.82 Å². The second-order valence-corrected chi connectivity index (χ2v) is 3.80. The van der Waals surface area contributed by atoms with Gasteiger partial charge < -0.3 is 5.73 Å². The zero-order chi connectivity index (χ0) is 11.5. The fourth-order valence-electron chi connectivity index (χ4n) is 1.32. The van der Waals surface area contributed by atoms with Crippen LogP contribution in [0.5, 0.6) is 0 Å². The quantitative estimate of drug-likeness (QED) is 0.873. The van der Waals surface area contributed by atoms with Gasteiger partial charge in [-0.1, -0.05) is 17.7 Å². The van der Waals surface area contributed by atoms with Crippen molar-refractivity contribution >= 4 is 17.4 Å². The molecule has 1 heterocycles. The Morgan fingerprint density at radius 2 is 2.00 bits per heavy atom. The summed E-state index contributed by atoms with van der Waals surface area (Å²) in [5.41, 5.74) is 6.60. The second kappa shape index (κ2) is 4.45. The maximum Gasteiger partial charge on any atom is 0.146 e. The molecule has 0 aliphatic carbocycles. The predicted molar refractivity (Wildman–Crippen MR) is 60.7 cm³/mol. The summed E-state index contributed by atoms with van der Waals surface area (Å²) in [6.45, 7) is 0. The Balaban J connectivity index is 2.23. The third-order valence-electron chi connectivity index (χ3n) is 2.13. The van der Waals surface area contributed by atoms with Gasteiger partial charge in [0.05, 0.1) is 5.69 Å². The van der Waals surface area contributed by atoms with Crippen molar-refractivity contribution in [3.8, 4) is 0 Å². The van der Waals surface area contributed by atoms with Crippen molar-refractivity contribution in [2.24, 2.45) is 0 Å². The first kappa shape index (κ1) is 10.8. The molecule has 0 aliphatic rings. The smallest absolute Gasteiger partial charge is 0.146 e. The molecule has 0 saturated carbocycles. The minimum atomic E-state index is -0.342. The molecule has 0 spiro atoms. The SMILES string of the molecule is Nc1ccc(Cc2ccc(Cl)cc2F)nn1. The lowest BCUT2D eigenvalue weighted by Gasteiger charge is -2.02. The van der Waals surface area contributed by atoms with E-state index in [9.17, 15) is 4.39 Å². The number of hydrogen-bond acceptors (Lipinski definition) is 3. The molecule has 16 heavy (non-hydrogen) atoms. The third kappa shape index (κ3) is 2.46. The molecule has 0 saturated heterocycles. The highest BCUT2D eigenvalue weighted by atomic mass is 35.5. The zero-order valence-electron chi connectivity index (χ0n) is 8.32. The number of nitrogens with two attached hydrogens (primary N) is 1. The summed E-state index contributed by atoms with van der Waals surface area (Å²) >= 11 is 5.66. The number of aromatic nitrogens is 2. The standard InChI is InChI=1S/C11H9ClFN3/c12-8-2-1-7(10(13)6-8)5-9-3-4-11(14)16-15-9/h1-4,6H,5H2,(H2,14,16). The van der Waals surface area contributed by atoms with Gasteiger partial charge in [0, 0.05) is 11.4 Å². The van der Waals surface area contributed by atoms with Crippen molar-refractivity contribution in [3.05, 3.63) is 52.4 Å². The van der Waals surface area contributed by atoms with Crippen LogP contribution in [0.25, 0.3) is 0 Å². The van der Waals surface area contributed by atoms with E-state index < -0.39 is 0 Å². The highest BCUT2D eigenvalue weighted by molar-refractivity contribution is 6.30. The van der Waals surface area contributed by atoms with Crippen LogP contribution in [0.15, 0.2) is 30.3 Å². The molecule has 0 unspecified atom stereocenters. The molecule has 0 amide bonds. The van der Waals surface area contributed by atoms with Crippen molar-refractivity contribution in [1.29, 1.82) is 0 Å². The fraction of sp³-hybridized carbons (Fsp3) is 0.0909. The molecule has 1 aromatic carbocycles. The molecule has 0 bridgehead atoms. The summed E-state index contributed by atoms with van der Waals surface area (Å²) < 4.78 is 13.5. The number of benzene rings is 1. The minimum Gasteiger partial charge on any atom is -0.382 e. The number of hydrogen-bond donors (Lipinski definition) is 1. The Morgan fingerprint density at radius 1 is 1.19 bits per heavy atom. The maximum absolute atomic E-state index is 13.5. The average Bonchev–Trinajstić information content (AvgIpc) is 2.25. The number of halogens is 2. The molecule has 3 nitrogen and oxygen atoms in total. The Morgan fingerprint density at radius 3 is 2.62 bits per heavy atom. The van der Waals surface area contributed by atoms with Crippen LogP contribution in [0, 0.1) is 5.82 Å². The summed E-state index contributed by atoms with van der Waals surface area (Å²) in [4.78, 5) is 0. The Kier molecular flexibility index (Phi) is 3.01. The summed E-state index contributed by atoms with van der Waals surface area (Å²) in [6, 6.07) is 7.91. The summed E-state index contributed by atoms with van der Waals surface area (Å²) in [5, 5.41) is 7.94. The summed E-state index contributed by atoms with van der Waals surface area (Å²) in [7, 11) is 0. The van der Waals surface area contributed by atoms with Crippen molar-refractivity contribution in [1.82, 2.24) is 10.2 Å². The Hall–Kier alpha value is -1.68. The molecule has 2 aromatic rings. The lowest BCUT2D eigenvalue weighted by molar-refractivity contribution is 0.613. The van der Waals surface area contributed by atoms with Crippen LogP contribution in [-0.4, -0.2) is 10.2 Å². The topological polar surface area (TPSA) is 51.8 Å². The van der Waals surface area contributed by atoms with Gasteiger partial charge in [0.2, 0.25) is 0 Å². The van der Waals surface area contributed by atoms with Gasteiger partial charge in [0.25, 0.3) is 0 Å². The number of rotatable bonds is 2. The van der Waals surface area contributed by atoms with Gasteiger partial charge in [-0.15, -0.1) is 5.10 Å². The van der Waals surface area contributed by atoms with E-state index in [0.29, 0.717) is 28.5 Å².